The van der Waals surface area contributed by atoms with Crippen LogP contribution >= 0.6 is 23.2 Å². The maximum Gasteiger partial charge on any atom is 0.308 e. The van der Waals surface area contributed by atoms with E-state index in [1.165, 1.54) is 0 Å². The van der Waals surface area contributed by atoms with Crippen LogP contribution in [-0.4, -0.2) is 29.1 Å². The van der Waals surface area contributed by atoms with Crippen LogP contribution in [0.5, 0.6) is 0 Å². The molecule has 1 aliphatic rings. The van der Waals surface area contributed by atoms with Gasteiger partial charge >= 0.3 is 5.97 Å². The first-order valence-electron chi connectivity index (χ1n) is 5.87. The molecule has 1 heterocycles. The van der Waals surface area contributed by atoms with Crippen LogP contribution in [-0.2, 0) is 11.3 Å². The third kappa shape index (κ3) is 2.79. The predicted molar refractivity (Wildman–Crippen MR) is 72.0 cm³/mol. The number of rotatable bonds is 3. The van der Waals surface area contributed by atoms with Gasteiger partial charge in [-0.25, -0.2) is 0 Å². The molecule has 18 heavy (non-hydrogen) atoms. The summed E-state index contributed by atoms with van der Waals surface area (Å²) in [6.07, 6.45) is 0. The van der Waals surface area contributed by atoms with Gasteiger partial charge in [-0.2, -0.15) is 0 Å². The summed E-state index contributed by atoms with van der Waals surface area (Å²) in [5.74, 6) is -0.870. The number of hydrogen-bond acceptors (Lipinski definition) is 2. The van der Waals surface area contributed by atoms with Crippen molar-refractivity contribution in [3.8, 4) is 0 Å². The molecule has 0 amide bonds. The van der Waals surface area contributed by atoms with E-state index in [0.29, 0.717) is 23.1 Å². The molecular weight excluding hydrogens is 273 g/mol. The molecular formula is C13H15Cl2NO2. The van der Waals surface area contributed by atoms with E-state index >= 15 is 0 Å². The van der Waals surface area contributed by atoms with Crippen molar-refractivity contribution in [2.45, 2.75) is 13.5 Å². The van der Waals surface area contributed by atoms with Crippen molar-refractivity contribution in [1.29, 1.82) is 0 Å². The van der Waals surface area contributed by atoms with Gasteiger partial charge in [-0.05, 0) is 18.1 Å². The van der Waals surface area contributed by atoms with Gasteiger partial charge in [-0.3, -0.25) is 9.69 Å². The summed E-state index contributed by atoms with van der Waals surface area (Å²) < 4.78 is 0. The Morgan fingerprint density at radius 2 is 2.00 bits per heavy atom. The van der Waals surface area contributed by atoms with E-state index in [0.717, 1.165) is 12.1 Å². The molecule has 2 unspecified atom stereocenters. The van der Waals surface area contributed by atoms with Crippen molar-refractivity contribution >= 4 is 29.2 Å². The molecule has 98 valence electrons. The van der Waals surface area contributed by atoms with Gasteiger partial charge in [0, 0.05) is 35.2 Å². The van der Waals surface area contributed by atoms with E-state index in [1.54, 1.807) is 18.2 Å². The molecule has 0 aromatic heterocycles. The fourth-order valence-electron chi connectivity index (χ4n) is 2.42. The minimum Gasteiger partial charge on any atom is -0.481 e. The van der Waals surface area contributed by atoms with Crippen LogP contribution in [0.25, 0.3) is 0 Å². The Morgan fingerprint density at radius 1 is 1.39 bits per heavy atom. The van der Waals surface area contributed by atoms with Gasteiger partial charge in [0.1, 0.15) is 0 Å². The van der Waals surface area contributed by atoms with Crippen LogP contribution in [0.1, 0.15) is 12.5 Å². The number of carboxylic acids is 1. The number of hydrogen-bond donors (Lipinski definition) is 1. The van der Waals surface area contributed by atoms with Crippen LogP contribution in [0, 0.1) is 11.8 Å². The summed E-state index contributed by atoms with van der Waals surface area (Å²) in [5.41, 5.74) is 0.874. The molecule has 1 aromatic carbocycles. The first kappa shape index (κ1) is 13.7. The monoisotopic (exact) mass is 287 g/mol. The van der Waals surface area contributed by atoms with Crippen molar-refractivity contribution in [1.82, 2.24) is 4.90 Å². The highest BCUT2D eigenvalue weighted by Crippen LogP contribution is 2.29. The molecule has 5 heteroatoms. The molecule has 2 rings (SSSR count). The smallest absolute Gasteiger partial charge is 0.308 e. The van der Waals surface area contributed by atoms with Gasteiger partial charge < -0.3 is 5.11 Å². The highest BCUT2D eigenvalue weighted by atomic mass is 35.5. The molecule has 0 aliphatic carbocycles. The normalized spacial score (nSPS) is 24.4. The number of carbonyl (C=O) groups is 1. The molecule has 0 spiro atoms. The van der Waals surface area contributed by atoms with Crippen LogP contribution in [0.2, 0.25) is 10.0 Å². The second kappa shape index (κ2) is 5.47. The Labute approximate surface area is 116 Å². The summed E-state index contributed by atoms with van der Waals surface area (Å²) >= 11 is 12.2. The number of aliphatic carboxylic acids is 1. The van der Waals surface area contributed by atoms with E-state index < -0.39 is 5.97 Å². The van der Waals surface area contributed by atoms with Gasteiger partial charge in [-0.15, -0.1) is 0 Å². The number of carboxylic acid groups (broad SMARTS) is 1. The SMILES string of the molecule is CC1CN(Cc2c(Cl)cccc2Cl)CC1C(=O)O. The van der Waals surface area contributed by atoms with Crippen molar-refractivity contribution in [2.24, 2.45) is 11.8 Å². The Balaban J connectivity index is 2.10. The number of likely N-dealkylation sites (tertiary alicyclic amines) is 1. The fourth-order valence-corrected chi connectivity index (χ4v) is 2.94. The fraction of sp³-hybridized carbons (Fsp3) is 0.462. The lowest BCUT2D eigenvalue weighted by molar-refractivity contribution is -0.142. The lowest BCUT2D eigenvalue weighted by atomic mass is 9.99. The lowest BCUT2D eigenvalue weighted by Crippen LogP contribution is -2.23. The van der Waals surface area contributed by atoms with Gasteiger partial charge in [-0.1, -0.05) is 36.2 Å². The van der Waals surface area contributed by atoms with E-state index in [-0.39, 0.29) is 11.8 Å². The summed E-state index contributed by atoms with van der Waals surface area (Å²) in [7, 11) is 0. The summed E-state index contributed by atoms with van der Waals surface area (Å²) in [4.78, 5) is 13.2. The van der Waals surface area contributed by atoms with Gasteiger partial charge in [0.2, 0.25) is 0 Å². The summed E-state index contributed by atoms with van der Waals surface area (Å²) in [5, 5.41) is 10.4. The average Bonchev–Trinajstić information content (AvgIpc) is 2.65. The van der Waals surface area contributed by atoms with Gasteiger partial charge in [0.15, 0.2) is 0 Å². The van der Waals surface area contributed by atoms with Crippen LogP contribution < -0.4 is 0 Å². The molecule has 2 atom stereocenters. The first-order chi connectivity index (χ1) is 8.49. The molecule has 0 saturated carbocycles. The second-order valence-corrected chi connectivity index (χ2v) is 5.63. The highest BCUT2D eigenvalue weighted by Gasteiger charge is 2.34. The molecule has 1 aromatic rings. The summed E-state index contributed by atoms with van der Waals surface area (Å²) in [6, 6.07) is 5.41. The predicted octanol–water partition coefficient (Wildman–Crippen LogP) is 3.15. The molecule has 1 N–H and O–H groups in total. The number of nitrogens with zero attached hydrogens (tertiary/aromatic N) is 1. The largest absolute Gasteiger partial charge is 0.481 e. The van der Waals surface area contributed by atoms with E-state index in [2.05, 4.69) is 4.90 Å². The minimum absolute atomic E-state index is 0.156. The van der Waals surface area contributed by atoms with Crippen LogP contribution in [0.3, 0.4) is 0 Å². The number of halogens is 2. The second-order valence-electron chi connectivity index (χ2n) is 4.82. The van der Waals surface area contributed by atoms with Crippen molar-refractivity contribution in [2.75, 3.05) is 13.1 Å². The van der Waals surface area contributed by atoms with Crippen LogP contribution in [0.4, 0.5) is 0 Å². The zero-order valence-corrected chi connectivity index (χ0v) is 11.6. The molecule has 0 radical (unpaired) electrons. The van der Waals surface area contributed by atoms with E-state index in [4.69, 9.17) is 28.3 Å². The summed E-state index contributed by atoms with van der Waals surface area (Å²) in [6.45, 7) is 3.89. The van der Waals surface area contributed by atoms with Crippen LogP contribution in [0.15, 0.2) is 18.2 Å². The van der Waals surface area contributed by atoms with Crippen molar-refractivity contribution < 1.29 is 9.90 Å². The standard InChI is InChI=1S/C13H15Cl2NO2/c1-8-5-16(6-9(8)13(17)18)7-10-11(14)3-2-4-12(10)15/h2-4,8-9H,5-7H2,1H3,(H,17,18). The topological polar surface area (TPSA) is 40.5 Å². The van der Waals surface area contributed by atoms with Crippen molar-refractivity contribution in [3.63, 3.8) is 0 Å². The molecule has 1 fully saturated rings. The maximum absolute atomic E-state index is 11.1. The van der Waals surface area contributed by atoms with Gasteiger partial charge in [0.25, 0.3) is 0 Å². The Hall–Kier alpha value is -0.770. The lowest BCUT2D eigenvalue weighted by Gasteiger charge is -2.17. The zero-order valence-electron chi connectivity index (χ0n) is 10.1. The maximum atomic E-state index is 11.1. The van der Waals surface area contributed by atoms with E-state index in [1.807, 2.05) is 6.92 Å². The number of benzene rings is 1. The third-order valence-corrected chi connectivity index (χ3v) is 4.16. The Bertz CT molecular complexity index is 444. The molecule has 3 nitrogen and oxygen atoms in total. The molecule has 1 saturated heterocycles. The highest BCUT2D eigenvalue weighted by molar-refractivity contribution is 6.35. The molecule has 1 aliphatic heterocycles. The van der Waals surface area contributed by atoms with Gasteiger partial charge in [0.05, 0.1) is 5.92 Å². The quantitative estimate of drug-likeness (QED) is 0.929. The minimum atomic E-state index is -0.727. The Morgan fingerprint density at radius 3 is 2.50 bits per heavy atom. The van der Waals surface area contributed by atoms with E-state index in [9.17, 15) is 4.79 Å². The third-order valence-electron chi connectivity index (χ3n) is 3.45. The average molecular weight is 288 g/mol. The molecule has 0 bridgehead atoms. The van der Waals surface area contributed by atoms with Crippen molar-refractivity contribution in [3.05, 3.63) is 33.8 Å². The first-order valence-corrected chi connectivity index (χ1v) is 6.62. The zero-order chi connectivity index (χ0) is 13.3. The Kier molecular flexibility index (Phi) is 4.15.